The summed E-state index contributed by atoms with van der Waals surface area (Å²) in [5.41, 5.74) is 0. The van der Waals surface area contributed by atoms with Crippen LogP contribution in [0.2, 0.25) is 0 Å². The number of alkyl halides is 36. The third-order valence-corrected chi connectivity index (χ3v) is 6.20. The Hall–Kier alpha value is -2.27. The summed E-state index contributed by atoms with van der Waals surface area (Å²) >= 11 is 0. The summed E-state index contributed by atoms with van der Waals surface area (Å²) < 4.78 is 478. The van der Waals surface area contributed by atoms with Crippen LogP contribution in [0.15, 0.2) is 0 Å². The fourth-order valence-electron chi connectivity index (χ4n) is 3.37. The Balaban J connectivity index is 0. The molecular weight excluding hydrogens is 926 g/mol. The minimum atomic E-state index is -11.9. The van der Waals surface area contributed by atoms with Gasteiger partial charge in [-0.3, -0.25) is 0 Å². The van der Waals surface area contributed by atoms with Gasteiger partial charge in [0.25, 0.3) is 0 Å². The third kappa shape index (κ3) is 5.88. The van der Waals surface area contributed by atoms with E-state index in [1.54, 1.807) is 0 Å². The second kappa shape index (κ2) is 12.6. The van der Waals surface area contributed by atoms with Crippen LogP contribution in [0.5, 0.6) is 0 Å². The van der Waals surface area contributed by atoms with Gasteiger partial charge >= 0.3 is 96.3 Å². The summed E-state index contributed by atoms with van der Waals surface area (Å²) in [7, 11) is 0. The highest BCUT2D eigenvalue weighted by atomic mass is 35.5. The van der Waals surface area contributed by atoms with Crippen molar-refractivity contribution in [3.63, 3.8) is 0 Å². The molecular formula is C16ClF36N. The largest absolute Gasteiger partial charge is 1.00 e. The van der Waals surface area contributed by atoms with Gasteiger partial charge in [-0.2, -0.15) is 123 Å². The third-order valence-electron chi connectivity index (χ3n) is 6.20. The van der Waals surface area contributed by atoms with Crippen LogP contribution in [0.4, 0.5) is 158 Å². The highest BCUT2D eigenvalue weighted by Gasteiger charge is 3.12. The van der Waals surface area contributed by atoms with Crippen molar-refractivity contribution >= 4 is 0 Å². The van der Waals surface area contributed by atoms with Crippen molar-refractivity contribution in [3.05, 3.63) is 0 Å². The Labute approximate surface area is 272 Å². The summed E-state index contributed by atoms with van der Waals surface area (Å²) in [4.78, 5) is 0. The lowest BCUT2D eigenvalue weighted by Crippen LogP contribution is -3.00. The maximum Gasteiger partial charge on any atom is 0.477 e. The summed E-state index contributed by atoms with van der Waals surface area (Å²) in [5, 5.41) is 0. The normalized spacial score (nSPS) is 17.1. The van der Waals surface area contributed by atoms with E-state index in [0.717, 1.165) is 0 Å². The van der Waals surface area contributed by atoms with E-state index in [1.165, 1.54) is 0 Å². The predicted molar refractivity (Wildman–Crippen MR) is 83.8 cm³/mol. The SMILES string of the molecule is FC(F)(F)C(F)(F)C(F)(F)C(F)(F)[N+](C(F)(F)C(F)(F)C(F)(F)C(F)(F)F)(C(F)(F)C(F)(F)C(F)(F)C(F)(F)F)C(F)(F)C(F)(F)C(F)(F)C(F)(F)F.[Cl-]. The number of nitrogens with zero attached hydrogens (tertiary/aromatic N) is 1. The van der Waals surface area contributed by atoms with E-state index in [4.69, 9.17) is 0 Å². The fourth-order valence-corrected chi connectivity index (χ4v) is 3.37. The van der Waals surface area contributed by atoms with Crippen LogP contribution >= 0.6 is 0 Å². The van der Waals surface area contributed by atoms with Crippen LogP contribution in [0, 0.1) is 0 Å². The molecule has 0 aliphatic carbocycles. The standard InChI is InChI=1S/C16F36N.ClH/c17-1(18,9(33,34)35)5(25,26)13(45,46)53(14(47,48)6(27,28)2(19,20)10(36,37)38,15(49,50)7(29,30)3(21,22)11(39,40)41)16(51,52)8(31,32)4(23,24)12(42,43)44;/h;1H/q+1;/p-1. The van der Waals surface area contributed by atoms with Crippen molar-refractivity contribution in [2.45, 2.75) is 96.3 Å². The minimum Gasteiger partial charge on any atom is -1.00 e. The molecule has 0 heterocycles. The van der Waals surface area contributed by atoms with Gasteiger partial charge in [-0.25, -0.2) is 0 Å². The zero-order valence-electron chi connectivity index (χ0n) is 22.4. The number of rotatable bonds is 12. The highest BCUT2D eigenvalue weighted by molar-refractivity contribution is 5.10. The Bertz CT molecular complexity index is 1130. The topological polar surface area (TPSA) is 0 Å². The van der Waals surface area contributed by atoms with Crippen molar-refractivity contribution in [1.29, 1.82) is 0 Å². The number of hydrogen-bond donors (Lipinski definition) is 0. The summed E-state index contributed by atoms with van der Waals surface area (Å²) in [6.45, 7) is 0. The van der Waals surface area contributed by atoms with Crippen molar-refractivity contribution in [1.82, 2.24) is 0 Å². The molecule has 0 aromatic rings. The Kier molecular flexibility index (Phi) is 12.6. The molecule has 0 bridgehead atoms. The van der Waals surface area contributed by atoms with Gasteiger partial charge < -0.3 is 12.4 Å². The molecule has 0 unspecified atom stereocenters. The van der Waals surface area contributed by atoms with E-state index in [9.17, 15) is 158 Å². The van der Waals surface area contributed by atoms with Crippen LogP contribution in [-0.4, -0.2) is 101 Å². The maximum atomic E-state index is 14.9. The molecule has 38 heteroatoms. The molecule has 0 fully saturated rings. The van der Waals surface area contributed by atoms with E-state index in [-0.39, 0.29) is 12.4 Å². The second-order valence-corrected chi connectivity index (χ2v) is 9.42. The first-order valence-corrected chi connectivity index (χ1v) is 10.7. The van der Waals surface area contributed by atoms with Crippen molar-refractivity contribution in [2.24, 2.45) is 0 Å². The first-order chi connectivity index (χ1) is 22.0. The number of halogens is 37. The molecule has 0 saturated heterocycles. The van der Waals surface area contributed by atoms with Gasteiger partial charge in [-0.05, 0) is 0 Å². The van der Waals surface area contributed by atoms with Crippen molar-refractivity contribution in [3.8, 4) is 0 Å². The summed E-state index contributed by atoms with van der Waals surface area (Å²) in [6.07, 6.45) is -37.1. The molecule has 328 valence electrons. The van der Waals surface area contributed by atoms with Crippen molar-refractivity contribution < 1.29 is 175 Å². The number of hydrogen-bond acceptors (Lipinski definition) is 0. The molecule has 0 spiro atoms. The number of quaternary nitrogens is 1. The molecule has 0 atom stereocenters. The van der Waals surface area contributed by atoms with E-state index in [0.29, 0.717) is 0 Å². The molecule has 0 rings (SSSR count). The van der Waals surface area contributed by atoms with Crippen LogP contribution in [-0.2, 0) is 0 Å². The van der Waals surface area contributed by atoms with Gasteiger partial charge in [0.2, 0.25) is 0 Å². The first kappa shape index (κ1) is 53.8. The van der Waals surface area contributed by atoms with Gasteiger partial charge in [-0.15, -0.1) is 35.1 Å². The molecule has 54 heavy (non-hydrogen) atoms. The van der Waals surface area contributed by atoms with Gasteiger partial charge in [0.1, 0.15) is 0 Å². The smallest absolute Gasteiger partial charge is 0.477 e. The first-order valence-electron chi connectivity index (χ1n) is 10.7. The Morgan fingerprint density at radius 1 is 0.167 bits per heavy atom. The van der Waals surface area contributed by atoms with Gasteiger partial charge in [0, 0.05) is 0 Å². The van der Waals surface area contributed by atoms with Crippen LogP contribution < -0.4 is 12.4 Å². The minimum absolute atomic E-state index is 0. The molecule has 1 nitrogen and oxygen atoms in total. The average molecular weight is 926 g/mol. The second-order valence-electron chi connectivity index (χ2n) is 9.42. The summed E-state index contributed by atoms with van der Waals surface area (Å²) in [5.74, 6) is -84.0. The molecule has 0 saturated carbocycles. The lowest BCUT2D eigenvalue weighted by molar-refractivity contribution is -1.21. The van der Waals surface area contributed by atoms with E-state index in [2.05, 4.69) is 0 Å². The molecule has 0 aromatic carbocycles. The monoisotopic (exact) mass is 925 g/mol. The predicted octanol–water partition coefficient (Wildman–Crippen LogP) is 8.51. The van der Waals surface area contributed by atoms with Crippen molar-refractivity contribution in [2.75, 3.05) is 0 Å². The van der Waals surface area contributed by atoms with Crippen LogP contribution in [0.25, 0.3) is 0 Å². The fraction of sp³-hybridized carbons (Fsp3) is 1.00. The molecule has 0 radical (unpaired) electrons. The highest BCUT2D eigenvalue weighted by Crippen LogP contribution is 2.75. The van der Waals surface area contributed by atoms with Crippen LogP contribution in [0.3, 0.4) is 0 Å². The zero-order valence-corrected chi connectivity index (χ0v) is 23.2. The maximum absolute atomic E-state index is 14.9. The lowest BCUT2D eigenvalue weighted by atomic mass is 9.92. The zero-order chi connectivity index (χ0) is 44.5. The summed E-state index contributed by atoms with van der Waals surface area (Å²) in [6, 6.07) is -47.4. The van der Waals surface area contributed by atoms with Gasteiger partial charge in [-0.1, -0.05) is 4.48 Å². The Morgan fingerprint density at radius 2 is 0.259 bits per heavy atom. The molecule has 0 aromatic heterocycles. The quantitative estimate of drug-likeness (QED) is 0.105. The van der Waals surface area contributed by atoms with E-state index < -0.39 is 101 Å². The molecule has 0 aliphatic heterocycles. The molecule has 0 N–H and O–H groups in total. The molecule has 0 aliphatic rings. The molecule has 0 amide bonds. The van der Waals surface area contributed by atoms with Gasteiger partial charge in [0.05, 0.1) is 0 Å². The van der Waals surface area contributed by atoms with E-state index in [1.807, 2.05) is 0 Å². The van der Waals surface area contributed by atoms with Gasteiger partial charge in [0.15, 0.2) is 0 Å². The average Bonchev–Trinajstić information content (AvgIpc) is 2.84. The van der Waals surface area contributed by atoms with E-state index >= 15 is 0 Å². The lowest BCUT2D eigenvalue weighted by Gasteiger charge is -2.58. The van der Waals surface area contributed by atoms with Crippen LogP contribution in [0.1, 0.15) is 0 Å². The Morgan fingerprint density at radius 3 is 0.333 bits per heavy atom.